The number of methoxy groups -OCH3 is 1. The van der Waals surface area contributed by atoms with Gasteiger partial charge in [-0.15, -0.1) is 0 Å². The van der Waals surface area contributed by atoms with Crippen LogP contribution in [0, 0.1) is 11.8 Å². The molecular weight excluding hydrogens is 378 g/mol. The molecule has 30 heavy (non-hydrogen) atoms. The lowest BCUT2D eigenvalue weighted by Crippen LogP contribution is -2.64. The van der Waals surface area contributed by atoms with Crippen LogP contribution in [0.5, 0.6) is 0 Å². The van der Waals surface area contributed by atoms with Gasteiger partial charge in [0.15, 0.2) is 0 Å². The molecule has 5 rings (SSSR count). The van der Waals surface area contributed by atoms with Crippen molar-refractivity contribution >= 4 is 12.0 Å². The third-order valence-corrected chi connectivity index (χ3v) is 8.55. The highest BCUT2D eigenvalue weighted by atomic mass is 16.5. The van der Waals surface area contributed by atoms with Crippen LogP contribution in [-0.2, 0) is 9.53 Å². The Balaban J connectivity index is 1.37. The van der Waals surface area contributed by atoms with E-state index in [4.69, 9.17) is 4.74 Å². The average molecular weight is 416 g/mol. The van der Waals surface area contributed by atoms with E-state index in [0.29, 0.717) is 24.7 Å². The molecule has 3 aliphatic heterocycles. The molecule has 5 aliphatic rings. The molecule has 2 aliphatic carbocycles. The molecule has 1 N–H and O–H groups in total. The summed E-state index contributed by atoms with van der Waals surface area (Å²) < 4.78 is 5.12. The van der Waals surface area contributed by atoms with Gasteiger partial charge in [-0.2, -0.15) is 0 Å². The van der Waals surface area contributed by atoms with E-state index in [1.54, 1.807) is 0 Å². The quantitative estimate of drug-likeness (QED) is 0.554. The highest BCUT2D eigenvalue weighted by Gasteiger charge is 2.49. The largest absolute Gasteiger partial charge is 0.467 e. The molecule has 2 amide bonds. The van der Waals surface area contributed by atoms with Gasteiger partial charge in [0.1, 0.15) is 5.54 Å². The van der Waals surface area contributed by atoms with Crippen molar-refractivity contribution in [1.29, 1.82) is 0 Å². The van der Waals surface area contributed by atoms with E-state index < -0.39 is 5.54 Å². The molecule has 6 nitrogen and oxygen atoms in total. The van der Waals surface area contributed by atoms with Crippen LogP contribution in [-0.4, -0.2) is 66.2 Å². The Kier molecular flexibility index (Phi) is 5.55. The van der Waals surface area contributed by atoms with Gasteiger partial charge in [0, 0.05) is 19.1 Å². The zero-order valence-corrected chi connectivity index (χ0v) is 18.4. The molecule has 0 aromatic carbocycles. The maximum Gasteiger partial charge on any atom is 0.331 e. The van der Waals surface area contributed by atoms with Crippen LogP contribution in [0.2, 0.25) is 0 Å². The van der Waals surface area contributed by atoms with Gasteiger partial charge in [0.25, 0.3) is 0 Å². The number of nitrogens with zero attached hydrogens (tertiary/aromatic N) is 2. The molecule has 0 radical (unpaired) electrons. The molecule has 0 spiro atoms. The Morgan fingerprint density at radius 3 is 2.73 bits per heavy atom. The first kappa shape index (κ1) is 20.3. The van der Waals surface area contributed by atoms with Gasteiger partial charge in [-0.1, -0.05) is 37.3 Å². The lowest BCUT2D eigenvalue weighted by atomic mass is 9.68. The number of urea groups is 1. The second kappa shape index (κ2) is 8.18. The van der Waals surface area contributed by atoms with Gasteiger partial charge in [-0.05, 0) is 63.3 Å². The summed E-state index contributed by atoms with van der Waals surface area (Å²) in [5.74, 6) is 0.912. The zero-order valence-electron chi connectivity index (χ0n) is 18.4. The Morgan fingerprint density at radius 2 is 1.93 bits per heavy atom. The van der Waals surface area contributed by atoms with Gasteiger partial charge >= 0.3 is 12.0 Å². The van der Waals surface area contributed by atoms with E-state index in [0.717, 1.165) is 51.2 Å². The number of amides is 2. The summed E-state index contributed by atoms with van der Waals surface area (Å²) >= 11 is 0. The summed E-state index contributed by atoms with van der Waals surface area (Å²) in [6.45, 7) is 3.12. The van der Waals surface area contributed by atoms with Crippen molar-refractivity contribution in [1.82, 2.24) is 15.1 Å². The van der Waals surface area contributed by atoms with Crippen molar-refractivity contribution in [2.24, 2.45) is 11.8 Å². The van der Waals surface area contributed by atoms with E-state index in [2.05, 4.69) is 21.2 Å². The first-order chi connectivity index (χ1) is 14.6. The third-order valence-electron chi connectivity index (χ3n) is 8.55. The Morgan fingerprint density at radius 1 is 1.10 bits per heavy atom. The number of rotatable bonds is 2. The maximum absolute atomic E-state index is 13.6. The Bertz CT molecular complexity index is 714. The molecule has 3 heterocycles. The first-order valence-electron chi connectivity index (χ1n) is 12.2. The number of esters is 1. The molecule has 0 aromatic rings. The topological polar surface area (TPSA) is 61.9 Å². The van der Waals surface area contributed by atoms with E-state index in [-0.39, 0.29) is 18.0 Å². The second-order valence-corrected chi connectivity index (χ2v) is 10.3. The SMILES string of the molecule is COC(=O)C1(NC(=O)N2CCCC3=C[C@@H]4C[C@@H](CN5CCCC[C@H]45)[C@@H]32)CCCCC1. The van der Waals surface area contributed by atoms with Crippen molar-refractivity contribution in [2.75, 3.05) is 26.7 Å². The molecule has 0 aromatic heterocycles. The molecule has 0 unspecified atom stereocenters. The minimum atomic E-state index is -0.840. The number of ether oxygens (including phenoxy) is 1. The highest BCUT2D eigenvalue weighted by Crippen LogP contribution is 2.45. The van der Waals surface area contributed by atoms with Gasteiger partial charge in [0.2, 0.25) is 0 Å². The number of fused-ring (bicyclic) bond motifs is 6. The number of carbonyl (C=O) groups is 2. The summed E-state index contributed by atoms with van der Waals surface area (Å²) in [5, 5.41) is 3.19. The molecule has 166 valence electrons. The van der Waals surface area contributed by atoms with Crippen molar-refractivity contribution in [3.8, 4) is 0 Å². The highest BCUT2D eigenvalue weighted by molar-refractivity contribution is 5.87. The van der Waals surface area contributed by atoms with Gasteiger partial charge in [-0.25, -0.2) is 9.59 Å². The first-order valence-corrected chi connectivity index (χ1v) is 12.2. The Labute approximate surface area is 180 Å². The van der Waals surface area contributed by atoms with Crippen molar-refractivity contribution in [3.63, 3.8) is 0 Å². The molecule has 4 fully saturated rings. The number of hydrogen-bond donors (Lipinski definition) is 1. The predicted octanol–water partition coefficient (Wildman–Crippen LogP) is 3.47. The van der Waals surface area contributed by atoms with Crippen molar-refractivity contribution in [3.05, 3.63) is 11.6 Å². The lowest BCUT2D eigenvalue weighted by Gasteiger charge is -2.55. The molecule has 3 saturated heterocycles. The summed E-state index contributed by atoms with van der Waals surface area (Å²) in [6.07, 6.45) is 14.3. The molecule has 6 heteroatoms. The molecule has 4 atom stereocenters. The van der Waals surface area contributed by atoms with E-state index in [9.17, 15) is 9.59 Å². The number of likely N-dealkylation sites (tertiary alicyclic amines) is 1. The summed E-state index contributed by atoms with van der Waals surface area (Å²) in [6, 6.07) is 0.866. The number of nitrogens with one attached hydrogen (secondary N) is 1. The average Bonchev–Trinajstić information content (AvgIpc) is 2.78. The van der Waals surface area contributed by atoms with Crippen LogP contribution < -0.4 is 5.32 Å². The minimum Gasteiger partial charge on any atom is -0.467 e. The normalized spacial score (nSPS) is 35.5. The van der Waals surface area contributed by atoms with E-state index in [1.807, 2.05) is 0 Å². The van der Waals surface area contributed by atoms with Crippen LogP contribution in [0.4, 0.5) is 4.79 Å². The van der Waals surface area contributed by atoms with E-state index in [1.165, 1.54) is 44.9 Å². The number of carbonyl (C=O) groups excluding carboxylic acids is 2. The minimum absolute atomic E-state index is 0.0582. The monoisotopic (exact) mass is 415 g/mol. The molecule has 1 saturated carbocycles. The molecule has 2 bridgehead atoms. The van der Waals surface area contributed by atoms with Crippen LogP contribution in [0.1, 0.15) is 70.6 Å². The summed E-state index contributed by atoms with van der Waals surface area (Å²) in [7, 11) is 1.44. The van der Waals surface area contributed by atoms with Crippen molar-refractivity contribution < 1.29 is 14.3 Å². The fourth-order valence-electron chi connectivity index (χ4n) is 7.21. The van der Waals surface area contributed by atoms with Gasteiger partial charge < -0.3 is 15.0 Å². The fourth-order valence-corrected chi connectivity index (χ4v) is 7.21. The molecular formula is C24H37N3O3. The van der Waals surface area contributed by atoms with Crippen LogP contribution in [0.25, 0.3) is 0 Å². The zero-order chi connectivity index (χ0) is 20.7. The van der Waals surface area contributed by atoms with Gasteiger partial charge in [-0.3, -0.25) is 4.90 Å². The fraction of sp³-hybridized carbons (Fsp3) is 0.833. The number of piperidine rings is 3. The third kappa shape index (κ3) is 3.45. The summed E-state index contributed by atoms with van der Waals surface area (Å²) in [5.41, 5.74) is 0.645. The maximum atomic E-state index is 13.6. The van der Waals surface area contributed by atoms with Crippen LogP contribution in [0.3, 0.4) is 0 Å². The van der Waals surface area contributed by atoms with Crippen molar-refractivity contribution in [2.45, 2.75) is 88.3 Å². The van der Waals surface area contributed by atoms with Gasteiger partial charge in [0.05, 0.1) is 13.2 Å². The second-order valence-electron chi connectivity index (χ2n) is 10.3. The lowest BCUT2D eigenvalue weighted by molar-refractivity contribution is -0.149. The van der Waals surface area contributed by atoms with Crippen LogP contribution >= 0.6 is 0 Å². The number of hydrogen-bond acceptors (Lipinski definition) is 4. The summed E-state index contributed by atoms with van der Waals surface area (Å²) in [4.78, 5) is 31.0. The Hall–Kier alpha value is -1.56. The van der Waals surface area contributed by atoms with Crippen LogP contribution in [0.15, 0.2) is 11.6 Å². The standard InChI is InChI=1S/C24H37N3O3/c1-30-22(28)24(10-4-2-5-11-24)25-23(29)27-13-7-8-17-14-18-15-19(21(17)27)16-26-12-6-3-9-20(18)26/h14,18-21H,2-13,15-16H2,1H3,(H,25,29)/t18-,19+,20-,21-/m1/s1. The van der Waals surface area contributed by atoms with E-state index >= 15 is 0 Å². The smallest absolute Gasteiger partial charge is 0.331 e. The predicted molar refractivity (Wildman–Crippen MR) is 115 cm³/mol.